The zero-order valence-electron chi connectivity index (χ0n) is 15.5. The van der Waals surface area contributed by atoms with Crippen molar-refractivity contribution in [1.82, 2.24) is 16.0 Å². The van der Waals surface area contributed by atoms with E-state index in [-0.39, 0.29) is 6.17 Å². The van der Waals surface area contributed by atoms with Crippen molar-refractivity contribution in [2.75, 3.05) is 20.1 Å². The number of halogens is 1. The van der Waals surface area contributed by atoms with Gasteiger partial charge in [-0.05, 0) is 64.6 Å². The summed E-state index contributed by atoms with van der Waals surface area (Å²) in [5.74, 6) is 0. The third-order valence-corrected chi connectivity index (χ3v) is 4.01. The zero-order valence-corrected chi connectivity index (χ0v) is 16.3. The molecule has 0 aliphatic heterocycles. The van der Waals surface area contributed by atoms with Crippen LogP contribution in [0.25, 0.3) is 0 Å². The molecule has 0 aliphatic rings. The van der Waals surface area contributed by atoms with Crippen LogP contribution in [0.3, 0.4) is 0 Å². The Morgan fingerprint density at radius 3 is 2.33 bits per heavy atom. The molecule has 0 saturated carbocycles. The molecule has 0 heterocycles. The minimum Gasteiger partial charge on any atom is -0.389 e. The molecule has 0 aromatic heterocycles. The molecule has 5 N–H and O–H groups in total. The molecule has 0 fully saturated rings. The predicted molar refractivity (Wildman–Crippen MR) is 108 cm³/mol. The Hall–Kier alpha value is -1.23. The number of rotatable bonds is 14. The number of nitrogens with one attached hydrogen (secondary N) is 3. The van der Waals surface area contributed by atoms with Crippen LogP contribution >= 0.6 is 11.6 Å². The molecular weight excluding hydrogens is 320 g/mol. The molecule has 0 rings (SSSR count). The fourth-order valence-electron chi connectivity index (χ4n) is 2.28. The maximum absolute atomic E-state index is 5.99. The Balaban J connectivity index is 4.41. The number of hydrogen-bond acceptors (Lipinski definition) is 4. The van der Waals surface area contributed by atoms with Gasteiger partial charge in [0.2, 0.25) is 0 Å². The first kappa shape index (κ1) is 22.8. The third-order valence-electron chi connectivity index (χ3n) is 3.72. The Morgan fingerprint density at radius 2 is 1.79 bits per heavy atom. The number of allylic oxidation sites excluding steroid dienone is 4. The van der Waals surface area contributed by atoms with E-state index in [2.05, 4.69) is 22.5 Å². The molecule has 1 atom stereocenters. The largest absolute Gasteiger partial charge is 0.389 e. The van der Waals surface area contributed by atoms with Crippen molar-refractivity contribution in [1.29, 1.82) is 0 Å². The molecule has 0 aromatic carbocycles. The summed E-state index contributed by atoms with van der Waals surface area (Å²) in [7, 11) is 2.00. The van der Waals surface area contributed by atoms with Crippen molar-refractivity contribution < 1.29 is 0 Å². The van der Waals surface area contributed by atoms with E-state index in [1.165, 1.54) is 25.7 Å². The minimum absolute atomic E-state index is 0.0887. The summed E-state index contributed by atoms with van der Waals surface area (Å²) in [6.07, 6.45) is 13.7. The van der Waals surface area contributed by atoms with Crippen LogP contribution in [0.4, 0.5) is 0 Å². The molecule has 0 aromatic rings. The van der Waals surface area contributed by atoms with Crippen LogP contribution < -0.4 is 21.7 Å². The lowest BCUT2D eigenvalue weighted by atomic mass is 10.1. The quantitative estimate of drug-likeness (QED) is 0.166. The molecule has 1 unspecified atom stereocenters. The van der Waals surface area contributed by atoms with Gasteiger partial charge in [-0.2, -0.15) is 0 Å². The minimum atomic E-state index is -0.0887. The molecule has 0 radical (unpaired) electrons. The van der Waals surface area contributed by atoms with Crippen LogP contribution in [0.1, 0.15) is 46.0 Å². The summed E-state index contributed by atoms with van der Waals surface area (Å²) in [6.45, 7) is 9.69. The van der Waals surface area contributed by atoms with E-state index in [0.717, 1.165) is 30.8 Å². The van der Waals surface area contributed by atoms with Crippen molar-refractivity contribution in [2.24, 2.45) is 5.73 Å². The molecule has 5 heteroatoms. The number of hydrogen-bond donors (Lipinski definition) is 4. The monoisotopic (exact) mass is 354 g/mol. The van der Waals surface area contributed by atoms with Gasteiger partial charge < -0.3 is 16.4 Å². The fraction of sp³-hybridized carbons (Fsp3) is 0.579. The number of nitrogens with two attached hydrogens (primary N) is 1. The SMILES string of the molecule is C=C/C=C(\C=C/C)NC(NCCCCCCCNC)/C(C)=C(\N)Cl. The van der Waals surface area contributed by atoms with Crippen LogP contribution in [0, 0.1) is 0 Å². The average Bonchev–Trinajstić information content (AvgIpc) is 2.55. The molecule has 138 valence electrons. The predicted octanol–water partition coefficient (Wildman–Crippen LogP) is 3.74. The molecular formula is C19H35ClN4. The van der Waals surface area contributed by atoms with Crippen LogP contribution in [0.2, 0.25) is 0 Å². The van der Waals surface area contributed by atoms with Crippen LogP contribution in [-0.4, -0.2) is 26.3 Å². The van der Waals surface area contributed by atoms with Crippen LogP contribution in [0.5, 0.6) is 0 Å². The highest BCUT2D eigenvalue weighted by Gasteiger charge is 2.12. The van der Waals surface area contributed by atoms with E-state index < -0.39 is 0 Å². The summed E-state index contributed by atoms with van der Waals surface area (Å²) < 4.78 is 0. The summed E-state index contributed by atoms with van der Waals surface area (Å²) in [5.41, 5.74) is 7.62. The van der Waals surface area contributed by atoms with Crippen molar-refractivity contribution in [3.05, 3.63) is 47.3 Å². The molecule has 24 heavy (non-hydrogen) atoms. The van der Waals surface area contributed by atoms with Crippen LogP contribution in [-0.2, 0) is 0 Å². The summed E-state index contributed by atoms with van der Waals surface area (Å²) in [5, 5.41) is 10.4. The van der Waals surface area contributed by atoms with Gasteiger partial charge in [0, 0.05) is 5.70 Å². The van der Waals surface area contributed by atoms with Gasteiger partial charge in [-0.1, -0.05) is 49.6 Å². The average molecular weight is 355 g/mol. The second-order valence-corrected chi connectivity index (χ2v) is 6.20. The Morgan fingerprint density at radius 1 is 1.17 bits per heavy atom. The molecule has 0 aliphatic carbocycles. The molecule has 0 spiro atoms. The lowest BCUT2D eigenvalue weighted by molar-refractivity contribution is 0.491. The van der Waals surface area contributed by atoms with Gasteiger partial charge in [-0.15, -0.1) is 0 Å². The maximum atomic E-state index is 5.99. The second kappa shape index (κ2) is 15.3. The highest BCUT2D eigenvalue weighted by molar-refractivity contribution is 6.29. The lowest BCUT2D eigenvalue weighted by Crippen LogP contribution is -2.43. The standard InChI is InChI=1S/C19H35ClN4/c1-5-12-17(13-6-2)24-19(16(3)18(20)21)23-15-11-9-7-8-10-14-22-4/h5-6,12-13,19,22-24H,1,7-11,14-15,21H2,2-4H3/b13-6-,17-12+,18-16-. The Kier molecular flexibility index (Phi) is 14.5. The second-order valence-electron chi connectivity index (χ2n) is 5.79. The molecule has 0 saturated heterocycles. The van der Waals surface area contributed by atoms with Gasteiger partial charge >= 0.3 is 0 Å². The molecule has 0 bridgehead atoms. The first-order valence-electron chi connectivity index (χ1n) is 8.78. The van der Waals surface area contributed by atoms with E-state index in [1.54, 1.807) is 6.08 Å². The van der Waals surface area contributed by atoms with Gasteiger partial charge in [0.15, 0.2) is 0 Å². The lowest BCUT2D eigenvalue weighted by Gasteiger charge is -2.23. The van der Waals surface area contributed by atoms with E-state index in [4.69, 9.17) is 17.3 Å². The highest BCUT2D eigenvalue weighted by Crippen LogP contribution is 2.09. The van der Waals surface area contributed by atoms with Crippen molar-refractivity contribution in [2.45, 2.75) is 52.1 Å². The summed E-state index contributed by atoms with van der Waals surface area (Å²) >= 11 is 5.99. The summed E-state index contributed by atoms with van der Waals surface area (Å²) in [4.78, 5) is 0. The van der Waals surface area contributed by atoms with Gasteiger partial charge in [-0.25, -0.2) is 0 Å². The first-order chi connectivity index (χ1) is 11.6. The van der Waals surface area contributed by atoms with Crippen molar-refractivity contribution in [3.8, 4) is 0 Å². The van der Waals surface area contributed by atoms with Crippen LogP contribution in [0.15, 0.2) is 47.3 Å². The van der Waals surface area contributed by atoms with E-state index >= 15 is 0 Å². The van der Waals surface area contributed by atoms with Gasteiger partial charge in [-0.3, -0.25) is 5.32 Å². The molecule has 4 nitrogen and oxygen atoms in total. The van der Waals surface area contributed by atoms with Gasteiger partial charge in [0.05, 0.1) is 0 Å². The smallest absolute Gasteiger partial charge is 0.102 e. The van der Waals surface area contributed by atoms with E-state index in [9.17, 15) is 0 Å². The molecule has 0 amide bonds. The Labute approximate surface area is 153 Å². The highest BCUT2D eigenvalue weighted by atomic mass is 35.5. The number of unbranched alkanes of at least 4 members (excludes halogenated alkanes) is 4. The van der Waals surface area contributed by atoms with E-state index in [0.29, 0.717) is 5.16 Å². The normalized spacial score (nSPS) is 14.6. The van der Waals surface area contributed by atoms with Gasteiger partial charge in [0.25, 0.3) is 0 Å². The topological polar surface area (TPSA) is 62.1 Å². The first-order valence-corrected chi connectivity index (χ1v) is 9.16. The van der Waals surface area contributed by atoms with Crippen molar-refractivity contribution >= 4 is 11.6 Å². The maximum Gasteiger partial charge on any atom is 0.102 e. The van der Waals surface area contributed by atoms with Gasteiger partial charge in [0.1, 0.15) is 11.3 Å². The van der Waals surface area contributed by atoms with Crippen molar-refractivity contribution in [3.63, 3.8) is 0 Å². The third kappa shape index (κ3) is 11.3. The summed E-state index contributed by atoms with van der Waals surface area (Å²) in [6, 6.07) is 0. The fourth-order valence-corrected chi connectivity index (χ4v) is 2.39. The Bertz CT molecular complexity index is 423. The zero-order chi connectivity index (χ0) is 18.2. The van der Waals surface area contributed by atoms with E-state index in [1.807, 2.05) is 39.1 Å².